The minimum absolute atomic E-state index is 0.833. The summed E-state index contributed by atoms with van der Waals surface area (Å²) in [6, 6.07) is 9.77. The van der Waals surface area contributed by atoms with Gasteiger partial charge in [0.05, 0.1) is 13.4 Å². The molecule has 0 spiro atoms. The van der Waals surface area contributed by atoms with E-state index in [2.05, 4.69) is 4.98 Å². The molecule has 1 aromatic carbocycles. The Balaban J connectivity index is 2.19. The lowest BCUT2D eigenvalue weighted by molar-refractivity contribution is 0.415. The normalized spacial score (nSPS) is 10.6. The lowest BCUT2D eigenvalue weighted by Crippen LogP contribution is -1.81. The van der Waals surface area contributed by atoms with Gasteiger partial charge in [-0.25, -0.2) is 0 Å². The molecule has 0 unspecified atom stereocenters. The van der Waals surface area contributed by atoms with E-state index in [9.17, 15) is 0 Å². The van der Waals surface area contributed by atoms with E-state index in [0.29, 0.717) is 0 Å². The van der Waals surface area contributed by atoms with Crippen molar-refractivity contribution in [2.75, 3.05) is 7.11 Å². The van der Waals surface area contributed by atoms with E-state index in [0.717, 1.165) is 27.8 Å². The summed E-state index contributed by atoms with van der Waals surface area (Å²) in [5.41, 5.74) is 1.03. The van der Waals surface area contributed by atoms with E-state index in [1.165, 1.54) is 0 Å². The van der Waals surface area contributed by atoms with E-state index in [-0.39, 0.29) is 0 Å². The first-order valence-electron chi connectivity index (χ1n) is 5.34. The average Bonchev–Trinajstić information content (AvgIpc) is 2.82. The fraction of sp³-hybridized carbons (Fsp3) is 0.0714. The van der Waals surface area contributed by atoms with Gasteiger partial charge in [-0.3, -0.25) is 4.98 Å². The highest BCUT2D eigenvalue weighted by molar-refractivity contribution is 5.94. The predicted molar refractivity (Wildman–Crippen MR) is 66.0 cm³/mol. The molecule has 0 aliphatic heterocycles. The molecular formula is C14H11NO2. The molecular weight excluding hydrogens is 214 g/mol. The van der Waals surface area contributed by atoms with Crippen LogP contribution < -0.4 is 4.74 Å². The van der Waals surface area contributed by atoms with Crippen molar-refractivity contribution in [1.82, 2.24) is 4.98 Å². The fourth-order valence-corrected chi connectivity index (χ4v) is 1.88. The highest BCUT2D eigenvalue weighted by Crippen LogP contribution is 2.32. The zero-order valence-corrected chi connectivity index (χ0v) is 9.38. The summed E-state index contributed by atoms with van der Waals surface area (Å²) in [5, 5.41) is 2.12. The van der Waals surface area contributed by atoms with Crippen LogP contribution in [0.5, 0.6) is 5.75 Å². The number of pyridine rings is 1. The van der Waals surface area contributed by atoms with Crippen molar-refractivity contribution in [3.05, 3.63) is 49.0 Å². The molecule has 0 saturated carbocycles. The molecule has 0 saturated heterocycles. The van der Waals surface area contributed by atoms with Crippen molar-refractivity contribution in [3.63, 3.8) is 0 Å². The summed E-state index contributed by atoms with van der Waals surface area (Å²) in [5.74, 6) is 1.70. The summed E-state index contributed by atoms with van der Waals surface area (Å²) >= 11 is 0. The minimum Gasteiger partial charge on any atom is -0.497 e. The SMILES string of the molecule is COc1ccc2c(-c3ccncc3)occ2c1. The molecule has 0 aliphatic carbocycles. The van der Waals surface area contributed by atoms with Crippen molar-refractivity contribution in [3.8, 4) is 17.1 Å². The fourth-order valence-electron chi connectivity index (χ4n) is 1.88. The maximum Gasteiger partial charge on any atom is 0.141 e. The van der Waals surface area contributed by atoms with Crippen LogP contribution in [-0.4, -0.2) is 12.1 Å². The Labute approximate surface area is 98.7 Å². The Kier molecular flexibility index (Phi) is 2.29. The second kappa shape index (κ2) is 3.94. The smallest absolute Gasteiger partial charge is 0.141 e. The number of methoxy groups -OCH3 is 1. The van der Waals surface area contributed by atoms with Crippen LogP contribution in [0.3, 0.4) is 0 Å². The van der Waals surface area contributed by atoms with Gasteiger partial charge < -0.3 is 9.15 Å². The van der Waals surface area contributed by atoms with Crippen LogP contribution in [0, 0.1) is 0 Å². The van der Waals surface area contributed by atoms with Gasteiger partial charge in [0.25, 0.3) is 0 Å². The summed E-state index contributed by atoms with van der Waals surface area (Å²) in [6.07, 6.45) is 5.26. The number of furan rings is 1. The minimum atomic E-state index is 0.833. The summed E-state index contributed by atoms with van der Waals surface area (Å²) in [7, 11) is 1.66. The van der Waals surface area contributed by atoms with Crippen LogP contribution in [0.15, 0.2) is 53.4 Å². The van der Waals surface area contributed by atoms with E-state index >= 15 is 0 Å². The standard InChI is InChI=1S/C14H11NO2/c1-16-12-2-3-13-11(8-12)9-17-14(13)10-4-6-15-7-5-10/h2-9H,1H3. The molecule has 3 nitrogen and oxygen atoms in total. The number of fused-ring (bicyclic) bond motifs is 1. The monoisotopic (exact) mass is 225 g/mol. The molecule has 3 rings (SSSR count). The quantitative estimate of drug-likeness (QED) is 0.669. The number of rotatable bonds is 2. The van der Waals surface area contributed by atoms with Gasteiger partial charge in [0.15, 0.2) is 0 Å². The van der Waals surface area contributed by atoms with Gasteiger partial charge >= 0.3 is 0 Å². The molecule has 0 amide bonds. The molecule has 2 heterocycles. The van der Waals surface area contributed by atoms with Gasteiger partial charge in [-0.1, -0.05) is 0 Å². The second-order valence-corrected chi connectivity index (χ2v) is 3.75. The van der Waals surface area contributed by atoms with Crippen molar-refractivity contribution < 1.29 is 9.15 Å². The third-order valence-electron chi connectivity index (χ3n) is 2.75. The Morgan fingerprint density at radius 3 is 2.71 bits per heavy atom. The Hall–Kier alpha value is -2.29. The summed E-state index contributed by atoms with van der Waals surface area (Å²) in [4.78, 5) is 4.00. The van der Waals surface area contributed by atoms with Crippen molar-refractivity contribution in [2.24, 2.45) is 0 Å². The third-order valence-corrected chi connectivity index (χ3v) is 2.75. The molecule has 17 heavy (non-hydrogen) atoms. The molecule has 0 fully saturated rings. The lowest BCUT2D eigenvalue weighted by atomic mass is 10.1. The zero-order chi connectivity index (χ0) is 11.7. The molecule has 0 aliphatic rings. The molecule has 0 atom stereocenters. The highest BCUT2D eigenvalue weighted by atomic mass is 16.5. The number of hydrogen-bond acceptors (Lipinski definition) is 3. The Morgan fingerprint density at radius 2 is 1.94 bits per heavy atom. The number of hydrogen-bond donors (Lipinski definition) is 0. The topological polar surface area (TPSA) is 35.3 Å². The number of nitrogens with zero attached hydrogens (tertiary/aromatic N) is 1. The second-order valence-electron chi connectivity index (χ2n) is 3.75. The zero-order valence-electron chi connectivity index (χ0n) is 9.38. The van der Waals surface area contributed by atoms with Crippen molar-refractivity contribution in [1.29, 1.82) is 0 Å². The molecule has 0 bridgehead atoms. The molecule has 3 heteroatoms. The third kappa shape index (κ3) is 1.65. The number of benzene rings is 1. The lowest BCUT2D eigenvalue weighted by Gasteiger charge is -1.99. The predicted octanol–water partition coefficient (Wildman–Crippen LogP) is 3.50. The Morgan fingerprint density at radius 1 is 1.12 bits per heavy atom. The maximum atomic E-state index is 5.62. The maximum absolute atomic E-state index is 5.62. The van der Waals surface area contributed by atoms with Crippen LogP contribution in [-0.2, 0) is 0 Å². The summed E-state index contributed by atoms with van der Waals surface area (Å²) in [6.45, 7) is 0. The van der Waals surface area contributed by atoms with Crippen LogP contribution in [0.2, 0.25) is 0 Å². The van der Waals surface area contributed by atoms with Crippen molar-refractivity contribution in [2.45, 2.75) is 0 Å². The van der Waals surface area contributed by atoms with E-state index in [1.807, 2.05) is 30.3 Å². The summed E-state index contributed by atoms with van der Waals surface area (Å²) < 4.78 is 10.8. The Bertz CT molecular complexity index is 644. The number of ether oxygens (including phenoxy) is 1. The average molecular weight is 225 g/mol. The van der Waals surface area contributed by atoms with Crippen LogP contribution >= 0.6 is 0 Å². The van der Waals surface area contributed by atoms with Gasteiger partial charge in [-0.05, 0) is 30.3 Å². The molecule has 3 aromatic rings. The van der Waals surface area contributed by atoms with Crippen molar-refractivity contribution >= 4 is 10.8 Å². The van der Waals surface area contributed by atoms with Crippen LogP contribution in [0.25, 0.3) is 22.1 Å². The van der Waals surface area contributed by atoms with E-state index in [1.54, 1.807) is 25.8 Å². The molecule has 0 N–H and O–H groups in total. The van der Waals surface area contributed by atoms with E-state index in [4.69, 9.17) is 9.15 Å². The molecule has 0 radical (unpaired) electrons. The highest BCUT2D eigenvalue weighted by Gasteiger charge is 2.08. The largest absolute Gasteiger partial charge is 0.497 e. The number of aromatic nitrogens is 1. The first kappa shape index (κ1) is 9.90. The van der Waals surface area contributed by atoms with Crippen LogP contribution in [0.1, 0.15) is 0 Å². The van der Waals surface area contributed by atoms with Crippen LogP contribution in [0.4, 0.5) is 0 Å². The van der Waals surface area contributed by atoms with Gasteiger partial charge in [0.2, 0.25) is 0 Å². The van der Waals surface area contributed by atoms with Gasteiger partial charge in [-0.2, -0.15) is 0 Å². The van der Waals surface area contributed by atoms with Gasteiger partial charge in [0.1, 0.15) is 11.5 Å². The van der Waals surface area contributed by atoms with E-state index < -0.39 is 0 Å². The first-order chi connectivity index (χ1) is 8.38. The van der Waals surface area contributed by atoms with Gasteiger partial charge in [0, 0.05) is 28.7 Å². The molecule has 84 valence electrons. The van der Waals surface area contributed by atoms with Gasteiger partial charge in [-0.15, -0.1) is 0 Å². The first-order valence-corrected chi connectivity index (χ1v) is 5.34. The molecule has 2 aromatic heterocycles.